The average molecular weight is 1100 g/mol. The third-order valence-electron chi connectivity index (χ3n) is 15.5. The molecule has 8 heterocycles. The normalized spacial score (nSPS) is 25.0. The van der Waals surface area contributed by atoms with E-state index in [1.54, 1.807) is 25.9 Å². The lowest BCUT2D eigenvalue weighted by molar-refractivity contribution is -0.137. The maximum Gasteiger partial charge on any atom is 0.253 e. The van der Waals surface area contributed by atoms with Crippen LogP contribution in [0.2, 0.25) is 0 Å². The molecule has 28 nitrogen and oxygen atoms in total. The summed E-state index contributed by atoms with van der Waals surface area (Å²) >= 11 is 0. The van der Waals surface area contributed by atoms with E-state index in [1.807, 2.05) is 47.1 Å². The fourth-order valence-electron chi connectivity index (χ4n) is 11.3. The molecule has 426 valence electrons. The van der Waals surface area contributed by atoms with Crippen LogP contribution in [0.3, 0.4) is 0 Å². The first kappa shape index (κ1) is 54.2. The summed E-state index contributed by atoms with van der Waals surface area (Å²) in [5.74, 6) is 1.09. The van der Waals surface area contributed by atoms with Crippen molar-refractivity contribution in [3.63, 3.8) is 0 Å². The number of aromatic nitrogens is 12. The summed E-state index contributed by atoms with van der Waals surface area (Å²) < 4.78 is 19.3. The van der Waals surface area contributed by atoms with Gasteiger partial charge in [0, 0.05) is 89.7 Å². The van der Waals surface area contributed by atoms with Gasteiger partial charge in [-0.05, 0) is 78.1 Å². The minimum Gasteiger partial charge on any atom is -0.387 e. The van der Waals surface area contributed by atoms with Crippen LogP contribution in [0.4, 0.5) is 34.9 Å². The van der Waals surface area contributed by atoms with Crippen molar-refractivity contribution in [3.8, 4) is 0 Å². The lowest BCUT2D eigenvalue weighted by atomic mass is 9.90. The zero-order valence-corrected chi connectivity index (χ0v) is 45.3. The predicted octanol–water partition coefficient (Wildman–Crippen LogP) is 1.58. The minimum absolute atomic E-state index is 0.0271. The van der Waals surface area contributed by atoms with Gasteiger partial charge < -0.3 is 71.4 Å². The second-order valence-electron chi connectivity index (χ2n) is 21.3. The van der Waals surface area contributed by atoms with Crippen LogP contribution in [-0.4, -0.2) is 155 Å². The third-order valence-corrected chi connectivity index (χ3v) is 15.5. The highest BCUT2D eigenvalue weighted by molar-refractivity contribution is 5.86. The standard InChI is InChI=1S/C52H70N20O8/c1-5-53-48(77)33-15-16-34(79-33)71-25-59-37-44(65-51(67-46(37)71)55-19-17-31-21-69(3)23-57-31)63-29-11-7-27(8-12-29)61-35-36(40(74)39(35)73)62-28-9-13-30(14-10-28)64-45-38-47(68-52(66-45)56-20-18-32-22-70(4)24-58-32)72(26-60-38)50-42(76)41(75)43(80-50)49(78)54-6-2/h21-30,33-34,41-43,50,61-62,75-76H,5-20H2,1-4H3,(H,53,77)(H,54,78)(H2,55,63,65,67)(H2,56,64,66,68)/t27-,28-,29-,30-,33-,34+,41-,42+,43-,50+/m0/s1. The Morgan fingerprint density at radius 3 is 1.54 bits per heavy atom. The number of amides is 2. The van der Waals surface area contributed by atoms with E-state index in [4.69, 9.17) is 34.4 Å². The summed E-state index contributed by atoms with van der Waals surface area (Å²) in [5.41, 5.74) is 3.37. The van der Waals surface area contributed by atoms with Gasteiger partial charge in [-0.1, -0.05) is 0 Å². The second-order valence-corrected chi connectivity index (χ2v) is 21.3. The zero-order chi connectivity index (χ0) is 55.6. The zero-order valence-electron chi connectivity index (χ0n) is 45.3. The Hall–Kier alpha value is -7.82. The molecule has 6 aromatic heterocycles. The van der Waals surface area contributed by atoms with Gasteiger partial charge in [0.15, 0.2) is 46.3 Å². The number of hydrogen-bond donors (Lipinski definition) is 10. The number of imidazole rings is 4. The Kier molecular flexibility index (Phi) is 15.9. The van der Waals surface area contributed by atoms with E-state index >= 15 is 0 Å². The molecule has 4 fully saturated rings. The Labute approximate surface area is 459 Å². The van der Waals surface area contributed by atoms with Gasteiger partial charge in [-0.15, -0.1) is 0 Å². The van der Waals surface area contributed by atoms with Gasteiger partial charge in [0.2, 0.25) is 17.8 Å². The van der Waals surface area contributed by atoms with E-state index < -0.39 is 53.6 Å². The van der Waals surface area contributed by atoms with Crippen molar-refractivity contribution in [1.82, 2.24) is 68.8 Å². The first-order valence-electron chi connectivity index (χ1n) is 27.8. The summed E-state index contributed by atoms with van der Waals surface area (Å²) in [6.07, 6.45) is 12.5. The minimum atomic E-state index is -1.48. The van der Waals surface area contributed by atoms with Crippen LogP contribution in [0.15, 0.2) is 47.3 Å². The molecule has 0 bridgehead atoms. The Morgan fingerprint density at radius 2 is 1.05 bits per heavy atom. The maximum atomic E-state index is 13.1. The molecular weight excluding hydrogens is 1030 g/mol. The first-order valence-corrected chi connectivity index (χ1v) is 27.8. The van der Waals surface area contributed by atoms with Crippen molar-refractivity contribution in [2.45, 2.75) is 152 Å². The van der Waals surface area contributed by atoms with Crippen LogP contribution >= 0.6 is 0 Å². The van der Waals surface area contributed by atoms with Crippen molar-refractivity contribution in [1.29, 1.82) is 0 Å². The average Bonchev–Trinajstić information content (AvgIpc) is 4.45. The summed E-state index contributed by atoms with van der Waals surface area (Å²) in [4.78, 5) is 89.2. The molecule has 11 rings (SSSR count). The molecule has 4 aliphatic rings. The number of aliphatic hydroxyl groups is 2. The second kappa shape index (κ2) is 23.5. The number of carbonyl (C=O) groups excluding carboxylic acids is 2. The van der Waals surface area contributed by atoms with Crippen LogP contribution in [-0.2, 0) is 46.0 Å². The Balaban J connectivity index is 0.714. The number of nitrogens with zero attached hydrogens (tertiary/aromatic N) is 12. The van der Waals surface area contributed by atoms with Crippen LogP contribution in [0.1, 0.15) is 102 Å². The topological polar surface area (TPSA) is 346 Å². The number of likely N-dealkylation sites (N-methyl/N-ethyl adjacent to an activating group) is 2. The van der Waals surface area contributed by atoms with Gasteiger partial charge in [0.05, 0.1) is 36.7 Å². The molecule has 0 radical (unpaired) electrons. The van der Waals surface area contributed by atoms with Crippen LogP contribution in [0.5, 0.6) is 0 Å². The van der Waals surface area contributed by atoms with E-state index in [0.29, 0.717) is 135 Å². The molecule has 1 aromatic carbocycles. The first-order chi connectivity index (χ1) is 38.8. The number of ether oxygens (including phenoxy) is 2. The fraction of sp³-hybridized carbons (Fsp3) is 0.577. The van der Waals surface area contributed by atoms with Crippen LogP contribution in [0.25, 0.3) is 22.3 Å². The summed E-state index contributed by atoms with van der Waals surface area (Å²) in [7, 11) is 3.84. The molecule has 2 amide bonds. The number of aliphatic hydroxyl groups excluding tert-OH is 2. The maximum absolute atomic E-state index is 13.1. The highest BCUT2D eigenvalue weighted by Crippen LogP contribution is 2.36. The fourth-order valence-corrected chi connectivity index (χ4v) is 11.3. The number of anilines is 6. The molecule has 6 atom stereocenters. The number of rotatable bonds is 22. The summed E-state index contributed by atoms with van der Waals surface area (Å²) in [6, 6.07) is -0.0738. The predicted molar refractivity (Wildman–Crippen MR) is 296 cm³/mol. The van der Waals surface area contributed by atoms with Crippen molar-refractivity contribution >= 4 is 69.0 Å². The molecular formula is C52H70N20O8. The van der Waals surface area contributed by atoms with Gasteiger partial charge in [-0.2, -0.15) is 19.9 Å². The Bertz CT molecular complexity index is 3390. The molecule has 2 saturated heterocycles. The highest BCUT2D eigenvalue weighted by Gasteiger charge is 2.48. The molecule has 7 aromatic rings. The summed E-state index contributed by atoms with van der Waals surface area (Å²) in [5, 5.41) is 48.2. The molecule has 10 N–H and O–H groups in total. The molecule has 2 aliphatic carbocycles. The van der Waals surface area contributed by atoms with Crippen LogP contribution in [0, 0.1) is 0 Å². The number of carbonyl (C=O) groups is 2. The quantitative estimate of drug-likeness (QED) is 0.0431. The largest absolute Gasteiger partial charge is 0.387 e. The van der Waals surface area contributed by atoms with E-state index in [-0.39, 0.29) is 30.1 Å². The van der Waals surface area contributed by atoms with Gasteiger partial charge in [-0.3, -0.25) is 28.3 Å². The smallest absolute Gasteiger partial charge is 0.253 e. The van der Waals surface area contributed by atoms with E-state index in [0.717, 1.165) is 37.1 Å². The van der Waals surface area contributed by atoms with Crippen molar-refractivity contribution in [3.05, 3.63) is 69.5 Å². The van der Waals surface area contributed by atoms with Crippen molar-refractivity contribution < 1.29 is 29.3 Å². The Morgan fingerprint density at radius 1 is 0.575 bits per heavy atom. The molecule has 80 heavy (non-hydrogen) atoms. The SMILES string of the molecule is CCNC(=O)[C@@H]1CC[C@H](n2cnc3c(N[C@H]4CC[C@H](Nc5c(N[C@H]6CC[C@H](Nc7nc(NCCc8cn(C)cn8)nc8c7ncn8[C@@H]7O[C@H](C(=O)NCC)[C@@H](O)[C@H]7O)CC6)c(=O)c5=O)CC4)nc(NCCc4cn(C)cn4)nc32)O1. The van der Waals surface area contributed by atoms with E-state index in [2.05, 4.69) is 57.5 Å². The molecule has 2 aliphatic heterocycles. The van der Waals surface area contributed by atoms with Gasteiger partial charge in [0.1, 0.15) is 35.9 Å². The highest BCUT2D eigenvalue weighted by atomic mass is 16.6. The number of fused-ring (bicyclic) bond motifs is 2. The number of nitrogens with one attached hydrogen (secondary N) is 8. The van der Waals surface area contributed by atoms with Crippen molar-refractivity contribution in [2.24, 2.45) is 14.1 Å². The lowest BCUT2D eigenvalue weighted by Crippen LogP contribution is -2.43. The molecule has 0 unspecified atom stereocenters. The molecule has 2 saturated carbocycles. The molecule has 28 heteroatoms. The van der Waals surface area contributed by atoms with E-state index in [9.17, 15) is 29.4 Å². The lowest BCUT2D eigenvalue weighted by Gasteiger charge is -2.33. The number of hydrogen-bond acceptors (Lipinski definition) is 22. The van der Waals surface area contributed by atoms with Gasteiger partial charge in [-0.25, -0.2) is 19.9 Å². The third kappa shape index (κ3) is 11.5. The van der Waals surface area contributed by atoms with E-state index in [1.165, 1.54) is 10.9 Å². The summed E-state index contributed by atoms with van der Waals surface area (Å²) in [6.45, 7) is 5.50. The van der Waals surface area contributed by atoms with Gasteiger partial charge in [0.25, 0.3) is 16.8 Å². The monoisotopic (exact) mass is 1100 g/mol. The number of aryl methyl sites for hydroxylation is 2. The van der Waals surface area contributed by atoms with Crippen molar-refractivity contribution in [2.75, 3.05) is 58.1 Å². The molecule has 0 spiro atoms. The van der Waals surface area contributed by atoms with Crippen LogP contribution < -0.4 is 53.4 Å². The van der Waals surface area contributed by atoms with Gasteiger partial charge >= 0.3 is 0 Å².